The molecule has 1 rings (SSSR count). The largest absolute Gasteiger partial charge is 0.444 e. The lowest BCUT2D eigenvalue weighted by Gasteiger charge is -2.27. The second-order valence-electron chi connectivity index (χ2n) is 6.70. The van der Waals surface area contributed by atoms with Crippen molar-refractivity contribution in [2.75, 3.05) is 0 Å². The van der Waals surface area contributed by atoms with E-state index in [1.807, 2.05) is 0 Å². The molecule has 6 nitrogen and oxygen atoms in total. The molecule has 0 aliphatic rings. The molecule has 2 atom stereocenters. The Kier molecular flexibility index (Phi) is 6.38. The number of nitrogens with one attached hydrogen (secondary N) is 1. The number of ether oxygens (including phenoxy) is 1. The molecule has 1 aromatic carbocycles. The fourth-order valence-electron chi connectivity index (χ4n) is 2.22. The highest BCUT2D eigenvalue weighted by atomic mass is 35.5. The molecule has 0 spiro atoms. The Balaban J connectivity index is 3.12. The van der Waals surface area contributed by atoms with Crippen molar-refractivity contribution in [3.63, 3.8) is 0 Å². The van der Waals surface area contributed by atoms with E-state index in [-0.39, 0.29) is 10.8 Å². The quantitative estimate of drug-likeness (QED) is 0.642. The van der Waals surface area contributed by atoms with Crippen molar-refractivity contribution in [3.8, 4) is 0 Å². The lowest BCUT2D eigenvalue weighted by atomic mass is 9.91. The van der Waals surface area contributed by atoms with Gasteiger partial charge in [0.15, 0.2) is 0 Å². The zero-order valence-corrected chi connectivity index (χ0v) is 14.8. The van der Waals surface area contributed by atoms with Crippen LogP contribution in [0.5, 0.6) is 0 Å². The zero-order chi connectivity index (χ0) is 17.8. The van der Waals surface area contributed by atoms with E-state index in [0.717, 1.165) is 0 Å². The third-order valence-corrected chi connectivity index (χ3v) is 3.42. The number of carbonyl (C=O) groups is 1. The maximum absolute atomic E-state index is 12.1. The minimum atomic E-state index is -0.983. The van der Waals surface area contributed by atoms with Crippen molar-refractivity contribution in [1.29, 1.82) is 0 Å². The molecule has 0 aliphatic heterocycles. The Morgan fingerprint density at radius 1 is 1.26 bits per heavy atom. The van der Waals surface area contributed by atoms with Gasteiger partial charge in [0.25, 0.3) is 0 Å². The van der Waals surface area contributed by atoms with E-state index in [1.54, 1.807) is 58.9 Å². The molecule has 128 valence electrons. The second kappa shape index (κ2) is 7.64. The average molecular weight is 343 g/mol. The van der Waals surface area contributed by atoms with Crippen molar-refractivity contribution < 1.29 is 14.5 Å². The number of amides is 1. The summed E-state index contributed by atoms with van der Waals surface area (Å²) in [6.45, 7) is 8.69. The van der Waals surface area contributed by atoms with Gasteiger partial charge in [-0.1, -0.05) is 37.6 Å². The third-order valence-electron chi connectivity index (χ3n) is 3.17. The maximum Gasteiger partial charge on any atom is 0.408 e. The molecule has 0 fully saturated rings. The number of hydrogen-bond acceptors (Lipinski definition) is 4. The standard InChI is InChI=1S/C16H23ClN2O4/c1-10(2)14(19(21)22)13(11-6-8-12(17)9-7-11)18-15(20)23-16(3,4)5/h6-10,13-14H,1-5H3,(H,18,20)/t13-,14+/m1/s1. The highest BCUT2D eigenvalue weighted by Gasteiger charge is 2.37. The maximum atomic E-state index is 12.1. The summed E-state index contributed by atoms with van der Waals surface area (Å²) in [5, 5.41) is 14.6. The second-order valence-corrected chi connectivity index (χ2v) is 7.13. The van der Waals surface area contributed by atoms with Crippen LogP contribution in [-0.2, 0) is 4.74 Å². The fraction of sp³-hybridized carbons (Fsp3) is 0.562. The van der Waals surface area contributed by atoms with Gasteiger partial charge >= 0.3 is 6.09 Å². The number of halogens is 1. The number of carbonyl (C=O) groups excluding carboxylic acids is 1. The summed E-state index contributed by atoms with van der Waals surface area (Å²) >= 11 is 5.87. The number of alkyl carbamates (subject to hydrolysis) is 1. The van der Waals surface area contributed by atoms with Gasteiger partial charge in [-0.05, 0) is 38.5 Å². The first-order chi connectivity index (χ1) is 10.5. The molecular weight excluding hydrogens is 320 g/mol. The molecular formula is C16H23ClN2O4. The summed E-state index contributed by atoms with van der Waals surface area (Å²) in [6, 6.07) is 4.82. The van der Waals surface area contributed by atoms with E-state index < -0.39 is 23.8 Å². The minimum absolute atomic E-state index is 0.277. The lowest BCUT2D eigenvalue weighted by molar-refractivity contribution is -0.536. The van der Waals surface area contributed by atoms with E-state index in [2.05, 4.69) is 5.32 Å². The van der Waals surface area contributed by atoms with Crippen LogP contribution in [0, 0.1) is 16.0 Å². The van der Waals surface area contributed by atoms with Crippen LogP contribution in [0.15, 0.2) is 24.3 Å². The number of nitrogens with zero attached hydrogens (tertiary/aromatic N) is 1. The molecule has 1 N–H and O–H groups in total. The Morgan fingerprint density at radius 3 is 2.17 bits per heavy atom. The zero-order valence-electron chi connectivity index (χ0n) is 14.0. The molecule has 23 heavy (non-hydrogen) atoms. The van der Waals surface area contributed by atoms with Gasteiger partial charge in [-0.15, -0.1) is 0 Å². The molecule has 0 bridgehead atoms. The van der Waals surface area contributed by atoms with Crippen LogP contribution >= 0.6 is 11.6 Å². The first kappa shape index (κ1) is 19.2. The number of nitro groups is 1. The Hall–Kier alpha value is -1.82. The summed E-state index contributed by atoms with van der Waals surface area (Å²) in [7, 11) is 0. The summed E-state index contributed by atoms with van der Waals surface area (Å²) < 4.78 is 5.22. The third kappa shape index (κ3) is 6.06. The smallest absolute Gasteiger partial charge is 0.408 e. The highest BCUT2D eigenvalue weighted by Crippen LogP contribution is 2.26. The van der Waals surface area contributed by atoms with Crippen molar-refractivity contribution in [2.24, 2.45) is 5.92 Å². The highest BCUT2D eigenvalue weighted by molar-refractivity contribution is 6.30. The van der Waals surface area contributed by atoms with Crippen molar-refractivity contribution in [2.45, 2.75) is 52.3 Å². The Labute approximate surface area is 141 Å². The predicted molar refractivity (Wildman–Crippen MR) is 89.2 cm³/mol. The van der Waals surface area contributed by atoms with Gasteiger partial charge in [0.2, 0.25) is 6.04 Å². The SMILES string of the molecule is CC(C)[C@@H]([C@H](NC(=O)OC(C)(C)C)c1ccc(Cl)cc1)[N+](=O)[O-]. The first-order valence-electron chi connectivity index (χ1n) is 7.39. The molecule has 0 saturated heterocycles. The van der Waals surface area contributed by atoms with Gasteiger partial charge in [0.1, 0.15) is 11.6 Å². The van der Waals surface area contributed by atoms with Gasteiger partial charge in [0.05, 0.1) is 0 Å². The predicted octanol–water partition coefficient (Wildman–Crippen LogP) is 4.21. The van der Waals surface area contributed by atoms with Crippen LogP contribution in [0.25, 0.3) is 0 Å². The molecule has 0 saturated carbocycles. The minimum Gasteiger partial charge on any atom is -0.444 e. The number of benzene rings is 1. The van der Waals surface area contributed by atoms with Gasteiger partial charge in [-0.3, -0.25) is 10.1 Å². The van der Waals surface area contributed by atoms with Gasteiger partial charge in [-0.25, -0.2) is 4.79 Å². The number of hydrogen-bond donors (Lipinski definition) is 1. The Morgan fingerprint density at radius 2 is 1.78 bits per heavy atom. The topological polar surface area (TPSA) is 81.5 Å². The molecule has 0 aliphatic carbocycles. The van der Waals surface area contributed by atoms with Crippen molar-refractivity contribution in [3.05, 3.63) is 45.0 Å². The molecule has 0 aromatic heterocycles. The monoisotopic (exact) mass is 342 g/mol. The molecule has 1 amide bonds. The Bertz CT molecular complexity index is 552. The van der Waals surface area contributed by atoms with E-state index in [4.69, 9.17) is 16.3 Å². The van der Waals surface area contributed by atoms with Crippen LogP contribution in [0.3, 0.4) is 0 Å². The van der Waals surface area contributed by atoms with Crippen LogP contribution in [0.2, 0.25) is 5.02 Å². The van der Waals surface area contributed by atoms with E-state index in [0.29, 0.717) is 10.6 Å². The summed E-state index contributed by atoms with van der Waals surface area (Å²) in [6.07, 6.45) is -0.690. The number of rotatable bonds is 5. The molecule has 0 heterocycles. The van der Waals surface area contributed by atoms with Crippen molar-refractivity contribution >= 4 is 17.7 Å². The van der Waals surface area contributed by atoms with Gasteiger partial charge < -0.3 is 10.1 Å². The van der Waals surface area contributed by atoms with E-state index >= 15 is 0 Å². The average Bonchev–Trinajstić information content (AvgIpc) is 2.35. The normalized spacial score (nSPS) is 14.2. The lowest BCUT2D eigenvalue weighted by Crippen LogP contribution is -2.44. The summed E-state index contributed by atoms with van der Waals surface area (Å²) in [4.78, 5) is 23.2. The van der Waals surface area contributed by atoms with Crippen LogP contribution in [0.1, 0.15) is 46.2 Å². The van der Waals surface area contributed by atoms with Crippen molar-refractivity contribution in [1.82, 2.24) is 5.32 Å². The molecule has 1 aromatic rings. The summed E-state index contributed by atoms with van der Waals surface area (Å²) in [5.74, 6) is -0.277. The van der Waals surface area contributed by atoms with E-state index in [9.17, 15) is 14.9 Å². The van der Waals surface area contributed by atoms with Gasteiger partial charge in [0, 0.05) is 15.9 Å². The summed E-state index contributed by atoms with van der Waals surface area (Å²) in [5.41, 5.74) is -0.0769. The van der Waals surface area contributed by atoms with Crippen LogP contribution < -0.4 is 5.32 Å². The molecule has 7 heteroatoms. The first-order valence-corrected chi connectivity index (χ1v) is 7.77. The van der Waals surface area contributed by atoms with Crippen LogP contribution in [0.4, 0.5) is 4.79 Å². The van der Waals surface area contributed by atoms with Crippen LogP contribution in [-0.4, -0.2) is 22.7 Å². The molecule has 0 radical (unpaired) electrons. The fourth-order valence-corrected chi connectivity index (χ4v) is 2.35. The van der Waals surface area contributed by atoms with E-state index in [1.165, 1.54) is 0 Å². The van der Waals surface area contributed by atoms with Gasteiger partial charge in [-0.2, -0.15) is 0 Å². The molecule has 0 unspecified atom stereocenters.